The lowest BCUT2D eigenvalue weighted by molar-refractivity contribution is -0.134. The van der Waals surface area contributed by atoms with Crippen molar-refractivity contribution in [1.82, 2.24) is 10.9 Å². The first kappa shape index (κ1) is 21.6. The van der Waals surface area contributed by atoms with E-state index in [1.807, 2.05) is 36.4 Å². The molecule has 34 heavy (non-hydrogen) atoms. The molecule has 0 aromatic heterocycles. The third kappa shape index (κ3) is 4.32. The molecule has 1 saturated heterocycles. The lowest BCUT2D eigenvalue weighted by Crippen LogP contribution is -2.49. The number of hydrazine groups is 1. The molecule has 5 rings (SSSR count). The standard InChI is InChI=1S/C25H23N3O6/c1-15(34-20-8-6-16-4-2-3-5-17(16)10-20)24(30)26-27-25(31)18-11-23(29)28(13-18)19-7-9-21-22(12-19)33-14-32-21/h2-10,12,15,18H,11,13-14H2,1H3,(H,26,30)(H,27,31)/t15-,18+/m1/s1. The molecule has 0 aliphatic carbocycles. The summed E-state index contributed by atoms with van der Waals surface area (Å²) in [6.45, 7) is 1.93. The summed E-state index contributed by atoms with van der Waals surface area (Å²) in [5.74, 6) is 0.00122. The highest BCUT2D eigenvalue weighted by atomic mass is 16.7. The molecule has 2 atom stereocenters. The van der Waals surface area contributed by atoms with E-state index in [1.54, 1.807) is 31.2 Å². The SMILES string of the molecule is C[C@@H](Oc1ccc2ccccc2c1)C(=O)NNC(=O)[C@H]1CC(=O)N(c2ccc3c(c2)OCO3)C1. The maximum Gasteiger partial charge on any atom is 0.279 e. The molecule has 9 nitrogen and oxygen atoms in total. The fraction of sp³-hybridized carbons (Fsp3) is 0.240. The van der Waals surface area contributed by atoms with Gasteiger partial charge in [0.1, 0.15) is 5.75 Å². The number of hydrogen-bond acceptors (Lipinski definition) is 6. The van der Waals surface area contributed by atoms with Crippen LogP contribution in [0.1, 0.15) is 13.3 Å². The molecule has 3 amide bonds. The fourth-order valence-electron chi connectivity index (χ4n) is 4.01. The highest BCUT2D eigenvalue weighted by Gasteiger charge is 2.36. The highest BCUT2D eigenvalue weighted by Crippen LogP contribution is 2.37. The molecule has 2 aliphatic heterocycles. The van der Waals surface area contributed by atoms with E-state index in [1.165, 1.54) is 4.90 Å². The van der Waals surface area contributed by atoms with E-state index >= 15 is 0 Å². The molecular weight excluding hydrogens is 438 g/mol. The monoisotopic (exact) mass is 461 g/mol. The number of nitrogens with zero attached hydrogens (tertiary/aromatic N) is 1. The van der Waals surface area contributed by atoms with Crippen LogP contribution in [0.3, 0.4) is 0 Å². The molecule has 9 heteroatoms. The van der Waals surface area contributed by atoms with Crippen LogP contribution in [0, 0.1) is 5.92 Å². The minimum Gasteiger partial charge on any atom is -0.481 e. The Morgan fingerprint density at radius 2 is 1.79 bits per heavy atom. The van der Waals surface area contributed by atoms with Crippen molar-refractivity contribution >= 4 is 34.2 Å². The van der Waals surface area contributed by atoms with E-state index in [0.717, 1.165) is 10.8 Å². The first-order chi connectivity index (χ1) is 16.5. The smallest absolute Gasteiger partial charge is 0.279 e. The molecule has 0 saturated carbocycles. The van der Waals surface area contributed by atoms with Crippen molar-refractivity contribution in [3.63, 3.8) is 0 Å². The number of amides is 3. The van der Waals surface area contributed by atoms with Crippen LogP contribution in [0.5, 0.6) is 17.2 Å². The molecule has 1 fully saturated rings. The van der Waals surface area contributed by atoms with Crippen LogP contribution in [0.25, 0.3) is 10.8 Å². The Kier molecular flexibility index (Phi) is 5.67. The molecule has 2 heterocycles. The second-order valence-electron chi connectivity index (χ2n) is 8.19. The van der Waals surface area contributed by atoms with E-state index in [-0.39, 0.29) is 25.7 Å². The molecular formula is C25H23N3O6. The molecule has 2 N–H and O–H groups in total. The molecule has 0 bridgehead atoms. The Balaban J connectivity index is 1.14. The molecule has 0 radical (unpaired) electrons. The largest absolute Gasteiger partial charge is 0.481 e. The van der Waals surface area contributed by atoms with Gasteiger partial charge in [-0.2, -0.15) is 0 Å². The number of benzene rings is 3. The number of carbonyl (C=O) groups excluding carboxylic acids is 3. The second-order valence-corrected chi connectivity index (χ2v) is 8.19. The molecule has 0 unspecified atom stereocenters. The Bertz CT molecular complexity index is 1280. The van der Waals surface area contributed by atoms with Crippen molar-refractivity contribution in [3.05, 3.63) is 60.7 Å². The molecule has 174 valence electrons. The first-order valence-electron chi connectivity index (χ1n) is 10.9. The Hall–Kier alpha value is -4.27. The summed E-state index contributed by atoms with van der Waals surface area (Å²) in [5.41, 5.74) is 5.43. The van der Waals surface area contributed by atoms with E-state index in [4.69, 9.17) is 14.2 Å². The van der Waals surface area contributed by atoms with Gasteiger partial charge >= 0.3 is 0 Å². The zero-order chi connectivity index (χ0) is 23.7. The number of hydrogen-bond donors (Lipinski definition) is 2. The van der Waals surface area contributed by atoms with Crippen molar-refractivity contribution in [2.24, 2.45) is 5.92 Å². The summed E-state index contributed by atoms with van der Waals surface area (Å²) < 4.78 is 16.4. The predicted molar refractivity (Wildman–Crippen MR) is 123 cm³/mol. The summed E-state index contributed by atoms with van der Waals surface area (Å²) in [5, 5.41) is 2.07. The minimum absolute atomic E-state index is 0.0410. The number of ether oxygens (including phenoxy) is 3. The number of rotatable bonds is 5. The van der Waals surface area contributed by atoms with Crippen molar-refractivity contribution in [3.8, 4) is 17.2 Å². The first-order valence-corrected chi connectivity index (χ1v) is 10.9. The van der Waals surface area contributed by atoms with Crippen molar-refractivity contribution in [1.29, 1.82) is 0 Å². The van der Waals surface area contributed by atoms with Gasteiger partial charge in [-0.15, -0.1) is 0 Å². The van der Waals surface area contributed by atoms with Crippen LogP contribution in [0.15, 0.2) is 60.7 Å². The van der Waals surface area contributed by atoms with E-state index < -0.39 is 23.8 Å². The lowest BCUT2D eigenvalue weighted by Gasteiger charge is -2.18. The highest BCUT2D eigenvalue weighted by molar-refractivity contribution is 6.00. The van der Waals surface area contributed by atoms with E-state index in [0.29, 0.717) is 22.9 Å². The van der Waals surface area contributed by atoms with Crippen LogP contribution in [-0.2, 0) is 14.4 Å². The Labute approximate surface area is 195 Å². The van der Waals surface area contributed by atoms with E-state index in [2.05, 4.69) is 10.9 Å². The predicted octanol–water partition coefficient (Wildman–Crippen LogP) is 2.54. The molecule has 0 spiro atoms. The van der Waals surface area contributed by atoms with Gasteiger partial charge in [-0.1, -0.05) is 30.3 Å². The third-order valence-electron chi connectivity index (χ3n) is 5.88. The summed E-state index contributed by atoms with van der Waals surface area (Å²) in [7, 11) is 0. The number of fused-ring (bicyclic) bond motifs is 2. The Morgan fingerprint density at radius 3 is 2.65 bits per heavy atom. The third-order valence-corrected chi connectivity index (χ3v) is 5.88. The topological polar surface area (TPSA) is 106 Å². The number of nitrogens with one attached hydrogen (secondary N) is 2. The summed E-state index contributed by atoms with van der Waals surface area (Å²) in [4.78, 5) is 39.1. The number of anilines is 1. The van der Waals surface area contributed by atoms with Gasteiger partial charge < -0.3 is 19.1 Å². The van der Waals surface area contributed by atoms with Gasteiger partial charge in [0.15, 0.2) is 17.6 Å². The quantitative estimate of drug-likeness (QED) is 0.566. The average molecular weight is 461 g/mol. The van der Waals surface area contributed by atoms with Crippen molar-refractivity contribution in [2.75, 3.05) is 18.2 Å². The number of carbonyl (C=O) groups is 3. The van der Waals surface area contributed by atoms with Gasteiger partial charge in [-0.3, -0.25) is 25.2 Å². The van der Waals surface area contributed by atoms with E-state index in [9.17, 15) is 14.4 Å². The van der Waals surface area contributed by atoms with Crippen LogP contribution in [0.2, 0.25) is 0 Å². The van der Waals surface area contributed by atoms with Crippen LogP contribution in [-0.4, -0.2) is 37.2 Å². The van der Waals surface area contributed by atoms with Crippen molar-refractivity contribution < 1.29 is 28.6 Å². The lowest BCUT2D eigenvalue weighted by atomic mass is 10.1. The Morgan fingerprint density at radius 1 is 1.00 bits per heavy atom. The zero-order valence-corrected chi connectivity index (χ0v) is 18.4. The minimum atomic E-state index is -0.836. The second kappa shape index (κ2) is 8.93. The normalized spacial score (nSPS) is 17.5. The van der Waals surface area contributed by atoms with Crippen LogP contribution < -0.4 is 30.0 Å². The zero-order valence-electron chi connectivity index (χ0n) is 18.4. The van der Waals surface area contributed by atoms with Gasteiger partial charge in [0.05, 0.1) is 5.92 Å². The molecule has 2 aliphatic rings. The van der Waals surface area contributed by atoms with Gasteiger partial charge in [-0.25, -0.2) is 0 Å². The fourth-order valence-corrected chi connectivity index (χ4v) is 4.01. The molecule has 3 aromatic rings. The van der Waals surface area contributed by atoms with Crippen LogP contribution in [0.4, 0.5) is 5.69 Å². The molecule has 3 aromatic carbocycles. The van der Waals surface area contributed by atoms with Crippen molar-refractivity contribution in [2.45, 2.75) is 19.4 Å². The average Bonchev–Trinajstić information content (AvgIpc) is 3.48. The maximum absolute atomic E-state index is 12.6. The summed E-state index contributed by atoms with van der Waals surface area (Å²) in [6, 6.07) is 18.6. The van der Waals surface area contributed by atoms with Gasteiger partial charge in [0.2, 0.25) is 18.6 Å². The van der Waals surface area contributed by atoms with Crippen LogP contribution >= 0.6 is 0 Å². The van der Waals surface area contributed by atoms with Gasteiger partial charge in [0, 0.05) is 24.7 Å². The summed E-state index contributed by atoms with van der Waals surface area (Å²) in [6.07, 6.45) is -0.795. The maximum atomic E-state index is 12.6. The van der Waals surface area contributed by atoms with Gasteiger partial charge in [-0.05, 0) is 42.0 Å². The van der Waals surface area contributed by atoms with Gasteiger partial charge in [0.25, 0.3) is 5.91 Å². The summed E-state index contributed by atoms with van der Waals surface area (Å²) >= 11 is 0.